The smallest absolute Gasteiger partial charge is 0.0830 e. The molecule has 1 aliphatic rings. The first-order chi connectivity index (χ1) is 7.58. The minimum atomic E-state index is 0.248. The molecule has 16 heavy (non-hydrogen) atoms. The minimum absolute atomic E-state index is 0.248. The van der Waals surface area contributed by atoms with Gasteiger partial charge in [-0.25, -0.2) is 0 Å². The lowest BCUT2D eigenvalue weighted by Crippen LogP contribution is -2.36. The molecule has 3 heteroatoms. The Balaban J connectivity index is 1.81. The summed E-state index contributed by atoms with van der Waals surface area (Å²) in [6.07, 6.45) is 5.10. The van der Waals surface area contributed by atoms with Crippen LogP contribution in [0.2, 0.25) is 0 Å². The zero-order valence-corrected chi connectivity index (χ0v) is 11.1. The van der Waals surface area contributed by atoms with Crippen LogP contribution in [0, 0.1) is 0 Å². The summed E-state index contributed by atoms with van der Waals surface area (Å²) in [5.41, 5.74) is 0.248. The van der Waals surface area contributed by atoms with E-state index >= 15 is 0 Å². The molecule has 1 atom stereocenters. The van der Waals surface area contributed by atoms with Gasteiger partial charge in [-0.2, -0.15) is 0 Å². The number of nitrogens with one attached hydrogen (secondary N) is 1. The van der Waals surface area contributed by atoms with Gasteiger partial charge in [0.05, 0.1) is 12.7 Å². The van der Waals surface area contributed by atoms with Gasteiger partial charge in [-0.05, 0) is 53.0 Å². The minimum Gasteiger partial charge on any atom is -0.379 e. The van der Waals surface area contributed by atoms with Crippen molar-refractivity contribution in [2.45, 2.75) is 58.1 Å². The summed E-state index contributed by atoms with van der Waals surface area (Å²) in [5, 5.41) is 3.49. The monoisotopic (exact) mass is 229 g/mol. The number of rotatable bonds is 7. The van der Waals surface area contributed by atoms with E-state index in [1.54, 1.807) is 0 Å². The van der Waals surface area contributed by atoms with Gasteiger partial charge in [0.2, 0.25) is 0 Å². The van der Waals surface area contributed by atoms with Crippen LogP contribution in [0.4, 0.5) is 0 Å². The summed E-state index contributed by atoms with van der Waals surface area (Å²) in [6.45, 7) is 10.3. The molecule has 1 unspecified atom stereocenters. The molecule has 0 aromatic heterocycles. The molecule has 1 heterocycles. The molecule has 1 fully saturated rings. The van der Waals surface area contributed by atoms with E-state index < -0.39 is 0 Å². The van der Waals surface area contributed by atoms with Gasteiger partial charge in [-0.1, -0.05) is 0 Å². The standard InChI is InChI=1S/C13H27NO2/c1-13(2,3)14-8-5-4-6-9-16-12-7-10-15-11-12/h12,14H,4-11H2,1-3H3. The summed E-state index contributed by atoms with van der Waals surface area (Å²) in [7, 11) is 0. The number of ether oxygens (including phenoxy) is 2. The zero-order valence-electron chi connectivity index (χ0n) is 11.1. The summed E-state index contributed by atoms with van der Waals surface area (Å²) in [5.74, 6) is 0. The second-order valence-corrected chi connectivity index (χ2v) is 5.59. The van der Waals surface area contributed by atoms with E-state index in [1.807, 2.05) is 0 Å². The van der Waals surface area contributed by atoms with E-state index in [9.17, 15) is 0 Å². The molecular formula is C13H27NO2. The second kappa shape index (κ2) is 7.25. The van der Waals surface area contributed by atoms with Crippen molar-refractivity contribution in [3.63, 3.8) is 0 Å². The topological polar surface area (TPSA) is 30.5 Å². The molecule has 0 amide bonds. The summed E-state index contributed by atoms with van der Waals surface area (Å²) >= 11 is 0. The van der Waals surface area contributed by atoms with E-state index in [0.29, 0.717) is 6.10 Å². The molecular weight excluding hydrogens is 202 g/mol. The third kappa shape index (κ3) is 7.20. The molecule has 1 N–H and O–H groups in total. The Morgan fingerprint density at radius 3 is 2.69 bits per heavy atom. The maximum absolute atomic E-state index is 5.71. The lowest BCUT2D eigenvalue weighted by atomic mass is 10.1. The van der Waals surface area contributed by atoms with Crippen molar-refractivity contribution in [3.8, 4) is 0 Å². The lowest BCUT2D eigenvalue weighted by molar-refractivity contribution is 0.0406. The third-order valence-electron chi connectivity index (χ3n) is 2.72. The van der Waals surface area contributed by atoms with E-state index in [2.05, 4.69) is 26.1 Å². The Labute approximate surface area is 99.9 Å². The highest BCUT2D eigenvalue weighted by molar-refractivity contribution is 4.69. The van der Waals surface area contributed by atoms with Gasteiger partial charge in [0.15, 0.2) is 0 Å². The van der Waals surface area contributed by atoms with Crippen molar-refractivity contribution in [2.75, 3.05) is 26.4 Å². The third-order valence-corrected chi connectivity index (χ3v) is 2.72. The first-order valence-electron chi connectivity index (χ1n) is 6.52. The number of unbranched alkanes of at least 4 members (excludes halogenated alkanes) is 2. The van der Waals surface area contributed by atoms with Crippen LogP contribution in [0.25, 0.3) is 0 Å². The van der Waals surface area contributed by atoms with Crippen LogP contribution in [0.3, 0.4) is 0 Å². The normalized spacial score (nSPS) is 21.6. The van der Waals surface area contributed by atoms with Gasteiger partial charge in [-0.3, -0.25) is 0 Å². The van der Waals surface area contributed by atoms with Gasteiger partial charge in [0.25, 0.3) is 0 Å². The van der Waals surface area contributed by atoms with Gasteiger partial charge >= 0.3 is 0 Å². The van der Waals surface area contributed by atoms with Crippen molar-refractivity contribution < 1.29 is 9.47 Å². The molecule has 0 saturated carbocycles. The fourth-order valence-corrected chi connectivity index (χ4v) is 1.76. The zero-order chi connectivity index (χ0) is 11.9. The molecule has 0 radical (unpaired) electrons. The highest BCUT2D eigenvalue weighted by Crippen LogP contribution is 2.09. The maximum atomic E-state index is 5.71. The largest absolute Gasteiger partial charge is 0.379 e. The van der Waals surface area contributed by atoms with Gasteiger partial charge < -0.3 is 14.8 Å². The Hall–Kier alpha value is -0.120. The van der Waals surface area contributed by atoms with Gasteiger partial charge in [0.1, 0.15) is 0 Å². The molecule has 0 aromatic rings. The van der Waals surface area contributed by atoms with E-state index in [1.165, 1.54) is 19.3 Å². The highest BCUT2D eigenvalue weighted by Gasteiger charge is 2.15. The van der Waals surface area contributed by atoms with Gasteiger partial charge in [-0.15, -0.1) is 0 Å². The molecule has 0 aliphatic carbocycles. The molecule has 0 aromatic carbocycles. The molecule has 1 saturated heterocycles. The predicted molar refractivity (Wildman–Crippen MR) is 66.8 cm³/mol. The van der Waals surface area contributed by atoms with Crippen molar-refractivity contribution in [1.82, 2.24) is 5.32 Å². The van der Waals surface area contributed by atoms with E-state index in [0.717, 1.165) is 32.8 Å². The van der Waals surface area contributed by atoms with Crippen LogP contribution < -0.4 is 5.32 Å². The summed E-state index contributed by atoms with van der Waals surface area (Å²) in [4.78, 5) is 0. The molecule has 0 bridgehead atoms. The average molecular weight is 229 g/mol. The SMILES string of the molecule is CC(C)(C)NCCCCCOC1CCOC1. The Bertz CT molecular complexity index is 171. The van der Waals surface area contributed by atoms with Gasteiger partial charge in [0, 0.05) is 18.8 Å². The van der Waals surface area contributed by atoms with Crippen LogP contribution in [0.1, 0.15) is 46.5 Å². The van der Waals surface area contributed by atoms with Crippen molar-refractivity contribution in [2.24, 2.45) is 0 Å². The van der Waals surface area contributed by atoms with Crippen LogP contribution in [0.15, 0.2) is 0 Å². The Morgan fingerprint density at radius 1 is 1.25 bits per heavy atom. The molecule has 1 rings (SSSR count). The first-order valence-corrected chi connectivity index (χ1v) is 6.52. The molecule has 96 valence electrons. The first kappa shape index (κ1) is 13.9. The summed E-state index contributed by atoms with van der Waals surface area (Å²) in [6, 6.07) is 0. The number of hydrogen-bond acceptors (Lipinski definition) is 3. The van der Waals surface area contributed by atoms with Crippen molar-refractivity contribution in [3.05, 3.63) is 0 Å². The van der Waals surface area contributed by atoms with E-state index in [4.69, 9.17) is 9.47 Å². The fourth-order valence-electron chi connectivity index (χ4n) is 1.76. The summed E-state index contributed by atoms with van der Waals surface area (Å²) < 4.78 is 11.0. The number of hydrogen-bond donors (Lipinski definition) is 1. The molecule has 0 spiro atoms. The van der Waals surface area contributed by atoms with Crippen LogP contribution >= 0.6 is 0 Å². The van der Waals surface area contributed by atoms with Crippen LogP contribution in [0.5, 0.6) is 0 Å². The average Bonchev–Trinajstić information content (AvgIpc) is 2.67. The van der Waals surface area contributed by atoms with Crippen molar-refractivity contribution >= 4 is 0 Å². The molecule has 1 aliphatic heterocycles. The van der Waals surface area contributed by atoms with Crippen molar-refractivity contribution in [1.29, 1.82) is 0 Å². The van der Waals surface area contributed by atoms with E-state index in [-0.39, 0.29) is 5.54 Å². The second-order valence-electron chi connectivity index (χ2n) is 5.59. The Kier molecular flexibility index (Phi) is 6.32. The van der Waals surface area contributed by atoms with Crippen LogP contribution in [-0.2, 0) is 9.47 Å². The highest BCUT2D eigenvalue weighted by atomic mass is 16.5. The van der Waals surface area contributed by atoms with Crippen LogP contribution in [-0.4, -0.2) is 38.0 Å². The maximum Gasteiger partial charge on any atom is 0.0830 e. The lowest BCUT2D eigenvalue weighted by Gasteiger charge is -2.20. The quantitative estimate of drug-likeness (QED) is 0.680. The molecule has 3 nitrogen and oxygen atoms in total. The Morgan fingerprint density at radius 2 is 2.06 bits per heavy atom. The predicted octanol–water partition coefficient (Wildman–Crippen LogP) is 2.35. The fraction of sp³-hybridized carbons (Fsp3) is 1.00.